The Hall–Kier alpha value is -2.22. The molecule has 126 valence electrons. The van der Waals surface area contributed by atoms with Crippen LogP contribution in [0, 0.1) is 0 Å². The van der Waals surface area contributed by atoms with Gasteiger partial charge in [-0.3, -0.25) is 4.68 Å². The number of nitrogens with zero attached hydrogens (tertiary/aromatic N) is 2. The molecule has 0 amide bonds. The molecule has 0 spiro atoms. The van der Waals surface area contributed by atoms with Crippen LogP contribution in [0.5, 0.6) is 11.5 Å². The summed E-state index contributed by atoms with van der Waals surface area (Å²) in [6.45, 7) is 3.30. The number of ether oxygens (including phenoxy) is 2. The largest absolute Gasteiger partial charge is 0.573 e. The van der Waals surface area contributed by atoms with E-state index in [4.69, 9.17) is 10.5 Å². The number of halogens is 3. The molecular formula is C15H18F3N3O2. The molecular weight excluding hydrogens is 311 g/mol. The summed E-state index contributed by atoms with van der Waals surface area (Å²) in [5.74, 6) is 0.00241. The normalized spacial score (nSPS) is 11.5. The fraction of sp³-hybridized carbons (Fsp3) is 0.400. The minimum Gasteiger partial charge on any atom is -0.493 e. The summed E-state index contributed by atoms with van der Waals surface area (Å²) in [7, 11) is 0. The van der Waals surface area contributed by atoms with Gasteiger partial charge in [-0.25, -0.2) is 0 Å². The molecule has 2 N–H and O–H groups in total. The second-order valence-corrected chi connectivity index (χ2v) is 4.83. The fourth-order valence-corrected chi connectivity index (χ4v) is 2.03. The summed E-state index contributed by atoms with van der Waals surface area (Å²) in [5.41, 5.74) is 6.86. The smallest absolute Gasteiger partial charge is 0.493 e. The van der Waals surface area contributed by atoms with Gasteiger partial charge in [0.25, 0.3) is 0 Å². The van der Waals surface area contributed by atoms with Gasteiger partial charge in [0.1, 0.15) is 11.5 Å². The zero-order chi connectivity index (χ0) is 16.9. The van der Waals surface area contributed by atoms with Crippen LogP contribution >= 0.6 is 0 Å². The number of rotatable bonds is 7. The highest BCUT2D eigenvalue weighted by Crippen LogP contribution is 2.35. The number of aromatic nitrogens is 2. The Morgan fingerprint density at radius 1 is 1.30 bits per heavy atom. The quantitative estimate of drug-likeness (QED) is 0.847. The lowest BCUT2D eigenvalue weighted by Crippen LogP contribution is -2.17. The number of alkyl halides is 3. The molecule has 1 aromatic carbocycles. The average molecular weight is 329 g/mol. The van der Waals surface area contributed by atoms with Gasteiger partial charge in [0.05, 0.1) is 19.3 Å². The summed E-state index contributed by atoms with van der Waals surface area (Å²) in [6, 6.07) is 4.01. The van der Waals surface area contributed by atoms with Crippen LogP contribution in [0.15, 0.2) is 30.6 Å². The van der Waals surface area contributed by atoms with E-state index < -0.39 is 6.36 Å². The maximum Gasteiger partial charge on any atom is 0.573 e. The van der Waals surface area contributed by atoms with Crippen molar-refractivity contribution in [2.75, 3.05) is 13.2 Å². The van der Waals surface area contributed by atoms with E-state index in [9.17, 15) is 13.2 Å². The van der Waals surface area contributed by atoms with Gasteiger partial charge in [0.2, 0.25) is 0 Å². The molecule has 0 aliphatic carbocycles. The first-order valence-corrected chi connectivity index (χ1v) is 7.18. The first kappa shape index (κ1) is 17.1. The number of nitrogens with two attached hydrogens (primary N) is 1. The molecule has 2 aromatic rings. The minimum absolute atomic E-state index is 0.318. The number of hydrogen-bond donors (Lipinski definition) is 1. The topological polar surface area (TPSA) is 62.3 Å². The van der Waals surface area contributed by atoms with E-state index in [1.165, 1.54) is 18.2 Å². The van der Waals surface area contributed by atoms with Crippen molar-refractivity contribution >= 4 is 0 Å². The molecule has 0 saturated heterocycles. The molecule has 0 aliphatic heterocycles. The standard InChI is InChI=1S/C15H18F3N3O2/c1-2-7-22-14-8-12(23-15(16,17)18)3-4-13(14)11-9-20-21(10-11)6-5-19/h3-4,8-10H,2,5-7,19H2,1H3. The molecule has 0 saturated carbocycles. The molecule has 0 bridgehead atoms. The Kier molecular flexibility index (Phi) is 5.49. The Labute approximate surface area is 131 Å². The Balaban J connectivity index is 2.32. The Morgan fingerprint density at radius 3 is 2.74 bits per heavy atom. The van der Waals surface area contributed by atoms with Crippen LogP contribution in [0.2, 0.25) is 0 Å². The molecule has 0 radical (unpaired) electrons. The van der Waals surface area contributed by atoms with E-state index in [2.05, 4.69) is 9.84 Å². The van der Waals surface area contributed by atoms with Gasteiger partial charge >= 0.3 is 6.36 Å². The summed E-state index contributed by atoms with van der Waals surface area (Å²) in [4.78, 5) is 0. The van der Waals surface area contributed by atoms with Crippen molar-refractivity contribution in [1.29, 1.82) is 0 Å². The van der Waals surface area contributed by atoms with Crippen LogP contribution in [-0.2, 0) is 6.54 Å². The zero-order valence-electron chi connectivity index (χ0n) is 12.6. The van der Waals surface area contributed by atoms with Crippen LogP contribution in [0.3, 0.4) is 0 Å². The second kappa shape index (κ2) is 7.36. The molecule has 8 heteroatoms. The van der Waals surface area contributed by atoms with Crippen molar-refractivity contribution in [1.82, 2.24) is 9.78 Å². The van der Waals surface area contributed by atoms with Crippen molar-refractivity contribution in [2.45, 2.75) is 26.3 Å². The van der Waals surface area contributed by atoms with E-state index in [1.807, 2.05) is 6.92 Å². The van der Waals surface area contributed by atoms with Crippen LogP contribution in [0.1, 0.15) is 13.3 Å². The van der Waals surface area contributed by atoms with Crippen LogP contribution in [-0.4, -0.2) is 29.3 Å². The van der Waals surface area contributed by atoms with E-state index in [0.717, 1.165) is 12.0 Å². The molecule has 0 atom stereocenters. The fourth-order valence-electron chi connectivity index (χ4n) is 2.03. The van der Waals surface area contributed by atoms with Crippen molar-refractivity contribution in [3.63, 3.8) is 0 Å². The lowest BCUT2D eigenvalue weighted by atomic mass is 10.1. The predicted octanol–water partition coefficient (Wildman–Crippen LogP) is 3.20. The summed E-state index contributed by atoms with van der Waals surface area (Å²) in [5, 5.41) is 4.16. The van der Waals surface area contributed by atoms with Crippen molar-refractivity contribution in [3.05, 3.63) is 30.6 Å². The average Bonchev–Trinajstić information content (AvgIpc) is 2.92. The minimum atomic E-state index is -4.74. The van der Waals surface area contributed by atoms with Gasteiger partial charge in [-0.2, -0.15) is 5.10 Å². The Bertz CT molecular complexity index is 641. The van der Waals surface area contributed by atoms with Crippen molar-refractivity contribution in [2.24, 2.45) is 5.73 Å². The first-order chi connectivity index (χ1) is 10.9. The maximum atomic E-state index is 12.3. The monoisotopic (exact) mass is 329 g/mol. The van der Waals surface area contributed by atoms with E-state index in [-0.39, 0.29) is 5.75 Å². The predicted molar refractivity (Wildman–Crippen MR) is 79.2 cm³/mol. The van der Waals surface area contributed by atoms with Gasteiger partial charge in [0, 0.05) is 29.9 Å². The summed E-state index contributed by atoms with van der Waals surface area (Å²) >= 11 is 0. The maximum absolute atomic E-state index is 12.3. The van der Waals surface area contributed by atoms with Gasteiger partial charge in [-0.05, 0) is 18.6 Å². The number of hydrogen-bond acceptors (Lipinski definition) is 4. The highest BCUT2D eigenvalue weighted by atomic mass is 19.4. The lowest BCUT2D eigenvalue weighted by Gasteiger charge is -2.13. The SMILES string of the molecule is CCCOc1cc(OC(F)(F)F)ccc1-c1cnn(CCN)c1. The molecule has 5 nitrogen and oxygen atoms in total. The molecule has 0 unspecified atom stereocenters. The van der Waals surface area contributed by atoms with Crippen molar-refractivity contribution in [3.8, 4) is 22.6 Å². The third kappa shape index (κ3) is 4.88. The van der Waals surface area contributed by atoms with E-state index in [0.29, 0.717) is 31.0 Å². The lowest BCUT2D eigenvalue weighted by molar-refractivity contribution is -0.274. The molecule has 2 rings (SSSR count). The van der Waals surface area contributed by atoms with Crippen LogP contribution < -0.4 is 15.2 Å². The first-order valence-electron chi connectivity index (χ1n) is 7.18. The molecule has 0 aliphatic rings. The molecule has 1 heterocycles. The third-order valence-electron chi connectivity index (χ3n) is 2.95. The second-order valence-electron chi connectivity index (χ2n) is 4.83. The Morgan fingerprint density at radius 2 is 2.09 bits per heavy atom. The highest BCUT2D eigenvalue weighted by Gasteiger charge is 2.31. The van der Waals surface area contributed by atoms with Gasteiger partial charge in [-0.15, -0.1) is 13.2 Å². The van der Waals surface area contributed by atoms with Crippen molar-refractivity contribution < 1.29 is 22.6 Å². The van der Waals surface area contributed by atoms with E-state index in [1.54, 1.807) is 17.1 Å². The number of benzene rings is 1. The molecule has 23 heavy (non-hydrogen) atoms. The van der Waals surface area contributed by atoms with Gasteiger partial charge in [-0.1, -0.05) is 6.92 Å². The highest BCUT2D eigenvalue weighted by molar-refractivity contribution is 5.70. The van der Waals surface area contributed by atoms with E-state index >= 15 is 0 Å². The van der Waals surface area contributed by atoms with Crippen LogP contribution in [0.4, 0.5) is 13.2 Å². The summed E-state index contributed by atoms with van der Waals surface area (Å²) in [6.07, 6.45) is -0.620. The molecule has 0 fully saturated rings. The molecule has 1 aromatic heterocycles. The zero-order valence-corrected chi connectivity index (χ0v) is 12.6. The summed E-state index contributed by atoms with van der Waals surface area (Å²) < 4.78 is 48.2. The third-order valence-corrected chi connectivity index (χ3v) is 2.95. The van der Waals surface area contributed by atoms with Gasteiger partial charge in [0.15, 0.2) is 0 Å². The van der Waals surface area contributed by atoms with Gasteiger partial charge < -0.3 is 15.2 Å². The van der Waals surface area contributed by atoms with Crippen LogP contribution in [0.25, 0.3) is 11.1 Å².